The SMILES string of the molecule is COc1cc(C(=O)NC2CCN(C)CC2)cc(OC)c1-c1ccc(C[C@H](CC(=O)C2CCC(CNC(=O)OC(C)(C)C)CC2)C(=O)Nc2ccc(C3=NCN=N3)cc2)cc1. The van der Waals surface area contributed by atoms with Gasteiger partial charge in [0.15, 0.2) is 12.5 Å². The van der Waals surface area contributed by atoms with Crippen LogP contribution in [0.4, 0.5) is 10.5 Å². The standard InChI is InChI=1S/C46H59N7O7/c1-46(2,3)60-45(57)47-27-30-9-11-31(12-10-30)38(54)24-34(43(55)50-36-17-15-33(16-18-36)42-48-28-49-52-42)23-29-7-13-32(14-8-29)41-39(58-5)25-35(26-40(41)59-6)44(56)51-37-19-21-53(4)22-20-37/h7-8,13-18,25-26,30-31,34,37H,9-12,19-24,27-28H2,1-6H3,(H,47,57)(H,50,55)(H,51,56)/t30?,31?,34-/m1/s1. The van der Waals surface area contributed by atoms with Gasteiger partial charge in [0.05, 0.1) is 19.8 Å². The van der Waals surface area contributed by atoms with Crippen molar-refractivity contribution in [2.45, 2.75) is 83.8 Å². The third-order valence-electron chi connectivity index (χ3n) is 11.5. The van der Waals surface area contributed by atoms with Gasteiger partial charge < -0.3 is 35.1 Å². The molecule has 1 atom stereocenters. The molecule has 320 valence electrons. The zero-order valence-electron chi connectivity index (χ0n) is 35.7. The second-order valence-electron chi connectivity index (χ2n) is 17.1. The molecule has 0 unspecified atom stereocenters. The number of ether oxygens (including phenoxy) is 3. The summed E-state index contributed by atoms with van der Waals surface area (Å²) in [6, 6.07) is 18.7. The summed E-state index contributed by atoms with van der Waals surface area (Å²) in [5.41, 5.74) is 3.70. The number of amidine groups is 1. The van der Waals surface area contributed by atoms with Crippen LogP contribution in [0.25, 0.3) is 11.1 Å². The van der Waals surface area contributed by atoms with Gasteiger partial charge in [-0.25, -0.2) is 9.79 Å². The van der Waals surface area contributed by atoms with Gasteiger partial charge in [0.25, 0.3) is 5.91 Å². The maximum absolute atomic E-state index is 14.0. The Balaban J connectivity index is 1.14. The van der Waals surface area contributed by atoms with Crippen molar-refractivity contribution in [1.82, 2.24) is 15.5 Å². The van der Waals surface area contributed by atoms with Gasteiger partial charge in [-0.05, 0) is 139 Å². The number of carbonyl (C=O) groups is 4. The Hall–Kier alpha value is -5.63. The second kappa shape index (κ2) is 20.1. The van der Waals surface area contributed by atoms with E-state index in [1.54, 1.807) is 38.5 Å². The summed E-state index contributed by atoms with van der Waals surface area (Å²) in [5.74, 6) is 0.680. The van der Waals surface area contributed by atoms with E-state index >= 15 is 0 Å². The van der Waals surface area contributed by atoms with Crippen molar-refractivity contribution >= 4 is 35.2 Å². The summed E-state index contributed by atoms with van der Waals surface area (Å²) in [4.78, 5) is 60.0. The topological polar surface area (TPSA) is 172 Å². The van der Waals surface area contributed by atoms with Crippen LogP contribution < -0.4 is 25.4 Å². The molecule has 2 fully saturated rings. The third kappa shape index (κ3) is 12.0. The van der Waals surface area contributed by atoms with Gasteiger partial charge >= 0.3 is 6.09 Å². The number of ketones is 1. The lowest BCUT2D eigenvalue weighted by Crippen LogP contribution is -2.43. The lowest BCUT2D eigenvalue weighted by molar-refractivity contribution is -0.129. The fraction of sp³-hybridized carbons (Fsp3) is 0.500. The quantitative estimate of drug-likeness (QED) is 0.142. The van der Waals surface area contributed by atoms with Crippen LogP contribution in [0, 0.1) is 17.8 Å². The third-order valence-corrected chi connectivity index (χ3v) is 11.5. The normalized spacial score (nSPS) is 18.9. The van der Waals surface area contributed by atoms with E-state index in [0.717, 1.165) is 55.5 Å². The summed E-state index contributed by atoms with van der Waals surface area (Å²) in [6.07, 6.45) is 4.80. The first-order valence-electron chi connectivity index (χ1n) is 21.0. The van der Waals surface area contributed by atoms with E-state index in [1.807, 2.05) is 57.2 Å². The molecule has 3 aromatic carbocycles. The maximum atomic E-state index is 14.0. The van der Waals surface area contributed by atoms with E-state index in [0.29, 0.717) is 66.6 Å². The molecule has 3 aromatic rings. The number of alkyl carbamates (subject to hydrolysis) is 1. The summed E-state index contributed by atoms with van der Waals surface area (Å²) >= 11 is 0. The van der Waals surface area contributed by atoms with Crippen LogP contribution in [-0.4, -0.2) is 93.6 Å². The van der Waals surface area contributed by atoms with E-state index in [-0.39, 0.29) is 41.9 Å². The average molecular weight is 822 g/mol. The smallest absolute Gasteiger partial charge is 0.407 e. The number of hydrogen-bond donors (Lipinski definition) is 3. The molecule has 0 radical (unpaired) electrons. The number of Topliss-reactive ketones (excluding diaryl/α,β-unsaturated/α-hetero) is 1. The van der Waals surface area contributed by atoms with E-state index in [2.05, 4.69) is 43.1 Å². The van der Waals surface area contributed by atoms with Crippen LogP contribution in [0.5, 0.6) is 11.5 Å². The predicted octanol–water partition coefficient (Wildman–Crippen LogP) is 7.45. The van der Waals surface area contributed by atoms with Crippen LogP contribution in [0.1, 0.15) is 87.2 Å². The number of azo groups is 1. The van der Waals surface area contributed by atoms with Crippen molar-refractivity contribution < 1.29 is 33.4 Å². The first-order chi connectivity index (χ1) is 28.8. The lowest BCUT2D eigenvalue weighted by atomic mass is 9.77. The highest BCUT2D eigenvalue weighted by Gasteiger charge is 2.31. The van der Waals surface area contributed by atoms with Gasteiger partial charge in [-0.3, -0.25) is 14.4 Å². The molecule has 2 aliphatic heterocycles. The Kier molecular flexibility index (Phi) is 14.7. The van der Waals surface area contributed by atoms with Crippen molar-refractivity contribution in [2.75, 3.05) is 52.9 Å². The fourth-order valence-electron chi connectivity index (χ4n) is 8.06. The molecule has 6 rings (SSSR count). The molecule has 3 aliphatic rings. The van der Waals surface area contributed by atoms with Crippen LogP contribution in [0.15, 0.2) is 75.9 Å². The average Bonchev–Trinajstić information content (AvgIpc) is 3.78. The molecule has 60 heavy (non-hydrogen) atoms. The number of nitrogens with zero attached hydrogens (tertiary/aromatic N) is 4. The molecular formula is C46H59N7O7. The Morgan fingerprint density at radius 2 is 1.48 bits per heavy atom. The Bertz CT molecular complexity index is 2020. The minimum absolute atomic E-state index is 0.0692. The minimum Gasteiger partial charge on any atom is -0.496 e. The van der Waals surface area contributed by atoms with Crippen molar-refractivity contribution in [3.05, 3.63) is 77.4 Å². The molecular weight excluding hydrogens is 763 g/mol. The van der Waals surface area contributed by atoms with Gasteiger partial charge in [0, 0.05) is 47.7 Å². The number of nitrogens with one attached hydrogen (secondary N) is 3. The number of likely N-dealkylation sites (tertiary alicyclic amines) is 1. The number of amides is 3. The molecule has 14 heteroatoms. The molecule has 2 heterocycles. The number of rotatable bonds is 15. The zero-order valence-corrected chi connectivity index (χ0v) is 35.7. The van der Waals surface area contributed by atoms with E-state index in [1.165, 1.54) is 0 Å². The van der Waals surface area contributed by atoms with Gasteiger partial charge in [-0.15, -0.1) is 5.11 Å². The predicted molar refractivity (Wildman–Crippen MR) is 231 cm³/mol. The molecule has 0 aromatic heterocycles. The summed E-state index contributed by atoms with van der Waals surface area (Å²) in [7, 11) is 5.23. The van der Waals surface area contributed by atoms with Gasteiger partial charge in [0.2, 0.25) is 5.91 Å². The highest BCUT2D eigenvalue weighted by molar-refractivity contribution is 6.01. The van der Waals surface area contributed by atoms with Gasteiger partial charge in [0.1, 0.15) is 22.9 Å². The second-order valence-corrected chi connectivity index (χ2v) is 17.1. The van der Waals surface area contributed by atoms with Crippen molar-refractivity contribution in [3.63, 3.8) is 0 Å². The number of hydrogen-bond acceptors (Lipinski definition) is 11. The van der Waals surface area contributed by atoms with Gasteiger partial charge in [-0.1, -0.05) is 24.3 Å². The Morgan fingerprint density at radius 3 is 2.07 bits per heavy atom. The summed E-state index contributed by atoms with van der Waals surface area (Å²) in [6.45, 7) is 8.17. The number of carbonyl (C=O) groups excluding carboxylic acids is 4. The monoisotopic (exact) mass is 821 g/mol. The summed E-state index contributed by atoms with van der Waals surface area (Å²) in [5, 5.41) is 17.1. The zero-order chi connectivity index (χ0) is 42.8. The number of anilines is 1. The maximum Gasteiger partial charge on any atom is 0.407 e. The van der Waals surface area contributed by atoms with E-state index in [4.69, 9.17) is 14.2 Å². The highest BCUT2D eigenvalue weighted by Crippen LogP contribution is 2.40. The number of piperidine rings is 1. The summed E-state index contributed by atoms with van der Waals surface area (Å²) < 4.78 is 17.0. The molecule has 3 N–H and O–H groups in total. The van der Waals surface area contributed by atoms with Crippen molar-refractivity contribution in [2.24, 2.45) is 33.0 Å². The largest absolute Gasteiger partial charge is 0.496 e. The van der Waals surface area contributed by atoms with Crippen LogP contribution in [-0.2, 0) is 20.7 Å². The lowest BCUT2D eigenvalue weighted by Gasteiger charge is -2.29. The highest BCUT2D eigenvalue weighted by atomic mass is 16.6. The molecule has 1 saturated carbocycles. The minimum atomic E-state index is -0.631. The van der Waals surface area contributed by atoms with Crippen molar-refractivity contribution in [1.29, 1.82) is 0 Å². The molecule has 0 spiro atoms. The first-order valence-corrected chi connectivity index (χ1v) is 21.0. The molecule has 3 amide bonds. The van der Waals surface area contributed by atoms with E-state index in [9.17, 15) is 19.2 Å². The fourth-order valence-corrected chi connectivity index (χ4v) is 8.06. The first kappa shape index (κ1) is 43.9. The van der Waals surface area contributed by atoms with Crippen LogP contribution >= 0.6 is 0 Å². The Morgan fingerprint density at radius 1 is 0.850 bits per heavy atom. The van der Waals surface area contributed by atoms with E-state index < -0.39 is 17.6 Å². The number of aliphatic imine (C=N–C) groups is 1. The molecule has 0 bridgehead atoms. The molecule has 1 saturated heterocycles. The Labute approximate surface area is 352 Å². The number of methoxy groups -OCH3 is 2. The van der Waals surface area contributed by atoms with Crippen LogP contribution in [0.2, 0.25) is 0 Å². The number of benzene rings is 3. The van der Waals surface area contributed by atoms with Crippen molar-refractivity contribution in [3.8, 4) is 22.6 Å². The van der Waals surface area contributed by atoms with Gasteiger partial charge in [-0.2, -0.15) is 5.11 Å². The van der Waals surface area contributed by atoms with Crippen LogP contribution in [0.3, 0.4) is 0 Å². The molecule has 1 aliphatic carbocycles. The molecule has 14 nitrogen and oxygen atoms in total.